The van der Waals surface area contributed by atoms with E-state index < -0.39 is 0 Å². The molecule has 0 bridgehead atoms. The molecule has 1 rings (SSSR count). The van der Waals surface area contributed by atoms with Gasteiger partial charge in [-0.05, 0) is 23.2 Å². The van der Waals surface area contributed by atoms with E-state index in [1.807, 2.05) is 6.08 Å². The Balaban J connectivity index is 3.12. The molecule has 13 heavy (non-hydrogen) atoms. The van der Waals surface area contributed by atoms with E-state index >= 15 is 0 Å². The molecule has 0 aliphatic carbocycles. The number of nitrogens with zero attached hydrogens (tertiary/aromatic N) is 2. The summed E-state index contributed by atoms with van der Waals surface area (Å²) in [4.78, 5) is 7.81. The summed E-state index contributed by atoms with van der Waals surface area (Å²) in [7, 11) is 0. The highest BCUT2D eigenvalue weighted by molar-refractivity contribution is 6.28. The standard InChI is InChI=1S/C10H9ClN2/c1-3-5-8(4-2)9-6-7-12-10(11)13-9/h3-7H,1-2H2/b8-5+. The van der Waals surface area contributed by atoms with Crippen molar-refractivity contribution in [2.75, 3.05) is 0 Å². The highest BCUT2D eigenvalue weighted by atomic mass is 35.5. The average Bonchev–Trinajstić information content (AvgIpc) is 2.14. The average molecular weight is 193 g/mol. The van der Waals surface area contributed by atoms with Crippen LogP contribution in [0.1, 0.15) is 5.69 Å². The molecule has 1 aromatic heterocycles. The van der Waals surface area contributed by atoms with E-state index in [2.05, 4.69) is 23.1 Å². The first-order valence-electron chi connectivity index (χ1n) is 3.72. The molecule has 0 aliphatic rings. The monoisotopic (exact) mass is 192 g/mol. The lowest BCUT2D eigenvalue weighted by Gasteiger charge is -1.99. The largest absolute Gasteiger partial charge is 0.226 e. The quantitative estimate of drug-likeness (QED) is 0.544. The molecule has 0 amide bonds. The summed E-state index contributed by atoms with van der Waals surface area (Å²) >= 11 is 5.64. The first-order valence-corrected chi connectivity index (χ1v) is 4.10. The van der Waals surface area contributed by atoms with Crippen molar-refractivity contribution in [3.05, 3.63) is 54.6 Å². The maximum Gasteiger partial charge on any atom is 0.222 e. The summed E-state index contributed by atoms with van der Waals surface area (Å²) in [5.41, 5.74) is 1.62. The van der Waals surface area contributed by atoms with E-state index in [4.69, 9.17) is 11.6 Å². The molecule has 0 fully saturated rings. The maximum absolute atomic E-state index is 5.64. The molecule has 0 aliphatic heterocycles. The molecular weight excluding hydrogens is 184 g/mol. The SMILES string of the molecule is C=C/C=C(\C=C)c1ccnc(Cl)n1. The number of rotatable bonds is 3. The van der Waals surface area contributed by atoms with Crippen LogP contribution < -0.4 is 0 Å². The second-order valence-corrected chi connectivity index (χ2v) is 2.61. The Morgan fingerprint density at radius 3 is 2.77 bits per heavy atom. The Kier molecular flexibility index (Phi) is 3.41. The van der Waals surface area contributed by atoms with Crippen molar-refractivity contribution in [1.82, 2.24) is 9.97 Å². The summed E-state index contributed by atoms with van der Waals surface area (Å²) < 4.78 is 0. The van der Waals surface area contributed by atoms with Gasteiger partial charge in [-0.15, -0.1) is 0 Å². The second kappa shape index (κ2) is 4.58. The number of allylic oxidation sites excluding steroid dienone is 4. The van der Waals surface area contributed by atoms with Gasteiger partial charge in [-0.3, -0.25) is 0 Å². The van der Waals surface area contributed by atoms with Crippen LogP contribution in [0.25, 0.3) is 5.57 Å². The molecule has 0 spiro atoms. The van der Waals surface area contributed by atoms with Gasteiger partial charge >= 0.3 is 0 Å². The van der Waals surface area contributed by atoms with Crippen LogP contribution in [-0.2, 0) is 0 Å². The van der Waals surface area contributed by atoms with Gasteiger partial charge in [0.05, 0.1) is 5.69 Å². The number of hydrogen-bond donors (Lipinski definition) is 0. The van der Waals surface area contributed by atoms with Crippen molar-refractivity contribution in [2.45, 2.75) is 0 Å². The molecule has 0 saturated carbocycles. The van der Waals surface area contributed by atoms with E-state index in [1.54, 1.807) is 24.4 Å². The summed E-state index contributed by atoms with van der Waals surface area (Å²) in [5, 5.41) is 0.231. The molecule has 0 N–H and O–H groups in total. The van der Waals surface area contributed by atoms with Gasteiger partial charge in [-0.25, -0.2) is 9.97 Å². The highest BCUT2D eigenvalue weighted by Gasteiger charge is 1.98. The van der Waals surface area contributed by atoms with Gasteiger partial charge < -0.3 is 0 Å². The third-order valence-electron chi connectivity index (χ3n) is 1.44. The van der Waals surface area contributed by atoms with Crippen LogP contribution in [0.5, 0.6) is 0 Å². The van der Waals surface area contributed by atoms with Crippen molar-refractivity contribution >= 4 is 17.2 Å². The van der Waals surface area contributed by atoms with Crippen LogP contribution in [0, 0.1) is 0 Å². The first-order chi connectivity index (χ1) is 6.27. The van der Waals surface area contributed by atoms with Gasteiger partial charge in [0.25, 0.3) is 0 Å². The molecule has 0 radical (unpaired) electrons. The lowest BCUT2D eigenvalue weighted by molar-refractivity contribution is 1.14. The predicted octanol–water partition coefficient (Wildman–Crippen LogP) is 2.89. The van der Waals surface area contributed by atoms with Crippen molar-refractivity contribution < 1.29 is 0 Å². The molecule has 2 nitrogen and oxygen atoms in total. The molecule has 0 saturated heterocycles. The number of aromatic nitrogens is 2. The van der Waals surface area contributed by atoms with E-state index in [-0.39, 0.29) is 5.28 Å². The van der Waals surface area contributed by atoms with Crippen LogP contribution in [0.15, 0.2) is 43.6 Å². The van der Waals surface area contributed by atoms with Crippen LogP contribution in [0.4, 0.5) is 0 Å². The lowest BCUT2D eigenvalue weighted by atomic mass is 10.1. The Morgan fingerprint density at radius 2 is 2.23 bits per heavy atom. The first kappa shape index (κ1) is 9.68. The Morgan fingerprint density at radius 1 is 1.46 bits per heavy atom. The van der Waals surface area contributed by atoms with Gasteiger partial charge in [-0.2, -0.15) is 0 Å². The molecule has 66 valence electrons. The predicted molar refractivity (Wildman–Crippen MR) is 55.4 cm³/mol. The third-order valence-corrected chi connectivity index (χ3v) is 1.62. The van der Waals surface area contributed by atoms with Gasteiger partial charge in [-0.1, -0.05) is 31.4 Å². The molecule has 0 aromatic carbocycles. The topological polar surface area (TPSA) is 25.8 Å². The van der Waals surface area contributed by atoms with Crippen LogP contribution in [0.3, 0.4) is 0 Å². The highest BCUT2D eigenvalue weighted by Crippen LogP contribution is 2.13. The lowest BCUT2D eigenvalue weighted by Crippen LogP contribution is -1.88. The molecule has 1 aromatic rings. The van der Waals surface area contributed by atoms with Crippen LogP contribution >= 0.6 is 11.6 Å². The third kappa shape index (κ3) is 2.53. The number of halogens is 1. The second-order valence-electron chi connectivity index (χ2n) is 2.27. The van der Waals surface area contributed by atoms with Crippen molar-refractivity contribution in [3.8, 4) is 0 Å². The summed E-state index contributed by atoms with van der Waals surface area (Å²) in [5.74, 6) is 0. The summed E-state index contributed by atoms with van der Waals surface area (Å²) in [6.07, 6.45) is 6.78. The van der Waals surface area contributed by atoms with Crippen molar-refractivity contribution in [3.63, 3.8) is 0 Å². The maximum atomic E-state index is 5.64. The van der Waals surface area contributed by atoms with Gasteiger partial charge in [0.2, 0.25) is 5.28 Å². The fourth-order valence-electron chi connectivity index (χ4n) is 0.881. The van der Waals surface area contributed by atoms with E-state index in [0.717, 1.165) is 11.3 Å². The molecular formula is C10H9ClN2. The minimum atomic E-state index is 0.231. The normalized spacial score (nSPS) is 11.0. The molecule has 1 heterocycles. The Hall–Kier alpha value is -1.41. The summed E-state index contributed by atoms with van der Waals surface area (Å²) in [6, 6.07) is 1.77. The van der Waals surface area contributed by atoms with E-state index in [1.165, 1.54) is 0 Å². The minimum absolute atomic E-state index is 0.231. The van der Waals surface area contributed by atoms with Gasteiger partial charge in [0.15, 0.2) is 0 Å². The van der Waals surface area contributed by atoms with E-state index in [9.17, 15) is 0 Å². The molecule has 0 atom stereocenters. The fraction of sp³-hybridized carbons (Fsp3) is 0. The Bertz CT molecular complexity index is 356. The number of hydrogen-bond acceptors (Lipinski definition) is 2. The zero-order valence-corrected chi connectivity index (χ0v) is 7.83. The zero-order valence-electron chi connectivity index (χ0n) is 7.07. The van der Waals surface area contributed by atoms with Crippen LogP contribution in [0.2, 0.25) is 5.28 Å². The van der Waals surface area contributed by atoms with Crippen LogP contribution in [-0.4, -0.2) is 9.97 Å². The smallest absolute Gasteiger partial charge is 0.222 e. The van der Waals surface area contributed by atoms with Gasteiger partial charge in [0.1, 0.15) is 0 Å². The fourth-order valence-corrected chi connectivity index (χ4v) is 1.03. The van der Waals surface area contributed by atoms with Crippen molar-refractivity contribution in [2.24, 2.45) is 0 Å². The molecule has 0 unspecified atom stereocenters. The van der Waals surface area contributed by atoms with Crippen molar-refractivity contribution in [1.29, 1.82) is 0 Å². The Labute approximate surface area is 82.3 Å². The van der Waals surface area contributed by atoms with E-state index in [0.29, 0.717) is 0 Å². The molecule has 3 heteroatoms. The minimum Gasteiger partial charge on any atom is -0.226 e. The summed E-state index contributed by atoms with van der Waals surface area (Å²) in [6.45, 7) is 7.26. The zero-order chi connectivity index (χ0) is 9.68. The van der Waals surface area contributed by atoms with Gasteiger partial charge in [0, 0.05) is 6.20 Å².